The standard InChI is InChI=1S/C24H32N2O3/c1-28-23-12-7-17-14-19(6-5-18(17)15-23)24(25-29-2)20-4-3-13-26(16-20)21-8-10-22(27)11-9-21/h5-7,12,14-15,20-22,27H,3-4,8-11,13,16H2,1-2H3/p+1/b25-24-/t20-,21?,22?/m1/s1. The molecule has 0 spiro atoms. The summed E-state index contributed by atoms with van der Waals surface area (Å²) in [5, 5.41) is 16.7. The summed E-state index contributed by atoms with van der Waals surface area (Å²) in [5.41, 5.74) is 2.22. The van der Waals surface area contributed by atoms with E-state index in [4.69, 9.17) is 9.57 Å². The molecule has 1 heterocycles. The molecule has 29 heavy (non-hydrogen) atoms. The highest BCUT2D eigenvalue weighted by atomic mass is 16.6. The SMILES string of the molecule is CO/N=C(/c1ccc2cc(OC)ccc2c1)[C@@H]1CCC[NH+](C2CCC(O)CC2)C1. The van der Waals surface area contributed by atoms with Gasteiger partial charge in [-0.25, -0.2) is 0 Å². The lowest BCUT2D eigenvalue weighted by atomic mass is 9.85. The van der Waals surface area contributed by atoms with Crippen LogP contribution in [0.25, 0.3) is 10.8 Å². The Kier molecular flexibility index (Phi) is 6.36. The summed E-state index contributed by atoms with van der Waals surface area (Å²) in [6, 6.07) is 13.4. The van der Waals surface area contributed by atoms with Crippen molar-refractivity contribution in [2.75, 3.05) is 27.3 Å². The first-order valence-electron chi connectivity index (χ1n) is 10.9. The Labute approximate surface area is 173 Å². The molecule has 1 saturated carbocycles. The van der Waals surface area contributed by atoms with Crippen molar-refractivity contribution in [3.63, 3.8) is 0 Å². The third-order valence-corrected chi connectivity index (χ3v) is 6.75. The van der Waals surface area contributed by atoms with Crippen LogP contribution in [0.4, 0.5) is 0 Å². The van der Waals surface area contributed by atoms with Crippen molar-refractivity contribution >= 4 is 16.5 Å². The predicted molar refractivity (Wildman–Crippen MR) is 116 cm³/mol. The highest BCUT2D eigenvalue weighted by Gasteiger charge is 2.34. The number of aliphatic hydroxyl groups is 1. The number of quaternary nitrogens is 1. The van der Waals surface area contributed by atoms with Gasteiger partial charge in [-0.15, -0.1) is 0 Å². The van der Waals surface area contributed by atoms with Gasteiger partial charge in [0.15, 0.2) is 0 Å². The van der Waals surface area contributed by atoms with E-state index in [0.29, 0.717) is 12.0 Å². The molecular formula is C24H33N2O3+. The number of likely N-dealkylation sites (tertiary alicyclic amines) is 1. The lowest BCUT2D eigenvalue weighted by Crippen LogP contribution is -3.17. The number of piperidine rings is 1. The van der Waals surface area contributed by atoms with Crippen LogP contribution in [0.3, 0.4) is 0 Å². The van der Waals surface area contributed by atoms with Crippen LogP contribution in [0.1, 0.15) is 44.1 Å². The van der Waals surface area contributed by atoms with E-state index >= 15 is 0 Å². The van der Waals surface area contributed by atoms with Gasteiger partial charge in [0.1, 0.15) is 12.9 Å². The number of ether oxygens (including phenoxy) is 1. The fraction of sp³-hybridized carbons (Fsp3) is 0.542. The molecule has 2 fully saturated rings. The molecule has 5 nitrogen and oxygen atoms in total. The molecule has 4 rings (SSSR count). The van der Waals surface area contributed by atoms with E-state index < -0.39 is 0 Å². The van der Waals surface area contributed by atoms with Crippen LogP contribution in [0.2, 0.25) is 0 Å². The highest BCUT2D eigenvalue weighted by molar-refractivity contribution is 6.04. The summed E-state index contributed by atoms with van der Waals surface area (Å²) >= 11 is 0. The number of rotatable bonds is 5. The Hall–Kier alpha value is -2.11. The first-order chi connectivity index (χ1) is 14.2. The molecular weight excluding hydrogens is 364 g/mol. The number of nitrogens with zero attached hydrogens (tertiary/aromatic N) is 1. The maximum atomic E-state index is 9.85. The van der Waals surface area contributed by atoms with Gasteiger partial charge >= 0.3 is 0 Å². The zero-order chi connectivity index (χ0) is 20.2. The summed E-state index contributed by atoms with van der Waals surface area (Å²) in [6.07, 6.45) is 6.45. The lowest BCUT2D eigenvalue weighted by Gasteiger charge is -2.38. The predicted octanol–water partition coefficient (Wildman–Crippen LogP) is 2.80. The van der Waals surface area contributed by atoms with Gasteiger partial charge in [0.25, 0.3) is 0 Å². The number of nitrogens with one attached hydrogen (secondary N) is 1. The van der Waals surface area contributed by atoms with E-state index in [0.717, 1.165) is 55.7 Å². The van der Waals surface area contributed by atoms with Crippen LogP contribution in [-0.4, -0.2) is 50.3 Å². The van der Waals surface area contributed by atoms with E-state index in [1.807, 2.05) is 6.07 Å². The van der Waals surface area contributed by atoms with Crippen LogP contribution in [0.15, 0.2) is 41.6 Å². The van der Waals surface area contributed by atoms with Crippen molar-refractivity contribution in [2.45, 2.75) is 50.7 Å². The summed E-state index contributed by atoms with van der Waals surface area (Å²) in [5.74, 6) is 1.28. The van der Waals surface area contributed by atoms with Crippen LogP contribution >= 0.6 is 0 Å². The van der Waals surface area contributed by atoms with Gasteiger partial charge in [0.2, 0.25) is 0 Å². The smallest absolute Gasteiger partial charge is 0.119 e. The van der Waals surface area contributed by atoms with Crippen LogP contribution in [0.5, 0.6) is 5.75 Å². The second-order valence-electron chi connectivity index (χ2n) is 8.54. The molecule has 2 atom stereocenters. The number of benzene rings is 2. The average molecular weight is 398 g/mol. The van der Waals surface area contributed by atoms with Gasteiger partial charge in [-0.05, 0) is 54.7 Å². The Bertz CT molecular complexity index is 858. The molecule has 0 amide bonds. The van der Waals surface area contributed by atoms with Crippen LogP contribution < -0.4 is 9.64 Å². The minimum Gasteiger partial charge on any atom is -0.497 e. The molecule has 2 N–H and O–H groups in total. The molecule has 0 aromatic heterocycles. The third-order valence-electron chi connectivity index (χ3n) is 6.75. The fourth-order valence-corrected chi connectivity index (χ4v) is 5.16. The first kappa shape index (κ1) is 20.2. The maximum Gasteiger partial charge on any atom is 0.119 e. The first-order valence-corrected chi connectivity index (χ1v) is 10.9. The summed E-state index contributed by atoms with van der Waals surface area (Å²) in [4.78, 5) is 6.96. The quantitative estimate of drug-likeness (QED) is 0.603. The van der Waals surface area contributed by atoms with Crippen LogP contribution in [0, 0.1) is 5.92 Å². The van der Waals surface area contributed by atoms with Gasteiger partial charge in [-0.1, -0.05) is 23.4 Å². The lowest BCUT2D eigenvalue weighted by molar-refractivity contribution is -0.933. The summed E-state index contributed by atoms with van der Waals surface area (Å²) < 4.78 is 5.35. The number of oxime groups is 1. The number of fused-ring (bicyclic) bond motifs is 1. The van der Waals surface area contributed by atoms with E-state index in [-0.39, 0.29) is 6.10 Å². The molecule has 1 aliphatic heterocycles. The van der Waals surface area contributed by atoms with E-state index in [2.05, 4.69) is 35.5 Å². The zero-order valence-corrected chi connectivity index (χ0v) is 17.6. The van der Waals surface area contributed by atoms with E-state index in [9.17, 15) is 5.11 Å². The van der Waals surface area contributed by atoms with Gasteiger partial charge in [-0.2, -0.15) is 0 Å². The molecule has 2 aromatic rings. The maximum absolute atomic E-state index is 9.85. The van der Waals surface area contributed by atoms with Crippen molar-refractivity contribution < 1.29 is 19.6 Å². The number of hydrogen-bond donors (Lipinski definition) is 2. The Balaban J connectivity index is 1.55. The van der Waals surface area contributed by atoms with Crippen molar-refractivity contribution in [1.29, 1.82) is 0 Å². The molecule has 156 valence electrons. The second-order valence-corrected chi connectivity index (χ2v) is 8.54. The molecule has 5 heteroatoms. The van der Waals surface area contributed by atoms with Gasteiger partial charge in [0.05, 0.1) is 44.0 Å². The summed E-state index contributed by atoms with van der Waals surface area (Å²) in [7, 11) is 3.34. The molecule has 2 aliphatic rings. The van der Waals surface area contributed by atoms with Gasteiger partial charge in [0, 0.05) is 18.4 Å². The molecule has 2 aromatic carbocycles. The number of hydrogen-bond acceptors (Lipinski definition) is 4. The largest absolute Gasteiger partial charge is 0.497 e. The van der Waals surface area contributed by atoms with Gasteiger partial charge in [-0.3, -0.25) is 0 Å². The van der Waals surface area contributed by atoms with Crippen molar-refractivity contribution in [1.82, 2.24) is 0 Å². The average Bonchev–Trinajstić information content (AvgIpc) is 2.77. The monoisotopic (exact) mass is 397 g/mol. The van der Waals surface area contributed by atoms with Crippen molar-refractivity contribution in [3.8, 4) is 5.75 Å². The third kappa shape index (κ3) is 4.57. The Morgan fingerprint density at radius 2 is 1.76 bits per heavy atom. The second kappa shape index (κ2) is 9.14. The Morgan fingerprint density at radius 1 is 1.00 bits per heavy atom. The summed E-state index contributed by atoms with van der Waals surface area (Å²) in [6.45, 7) is 2.33. The minimum atomic E-state index is -0.0897. The fourth-order valence-electron chi connectivity index (χ4n) is 5.16. The van der Waals surface area contributed by atoms with E-state index in [1.54, 1.807) is 19.1 Å². The van der Waals surface area contributed by atoms with Crippen molar-refractivity contribution in [3.05, 3.63) is 42.0 Å². The Morgan fingerprint density at radius 3 is 2.52 bits per heavy atom. The molecule has 1 saturated heterocycles. The number of aliphatic hydroxyl groups excluding tert-OH is 1. The zero-order valence-electron chi connectivity index (χ0n) is 17.6. The van der Waals surface area contributed by atoms with Crippen molar-refractivity contribution in [2.24, 2.45) is 11.1 Å². The highest BCUT2D eigenvalue weighted by Crippen LogP contribution is 2.25. The van der Waals surface area contributed by atoms with Gasteiger partial charge < -0.3 is 19.6 Å². The molecule has 1 aliphatic carbocycles. The molecule has 0 bridgehead atoms. The molecule has 0 radical (unpaired) electrons. The van der Waals surface area contributed by atoms with Crippen LogP contribution in [-0.2, 0) is 4.84 Å². The number of methoxy groups -OCH3 is 1. The van der Waals surface area contributed by atoms with E-state index in [1.165, 1.54) is 23.7 Å². The minimum absolute atomic E-state index is 0.0897. The normalized spacial score (nSPS) is 28.3. The molecule has 1 unspecified atom stereocenters. The topological polar surface area (TPSA) is 55.5 Å².